The largest absolute Gasteiger partial charge is 0.271 e. The van der Waals surface area contributed by atoms with Gasteiger partial charge in [-0.15, -0.1) is 0 Å². The van der Waals surface area contributed by atoms with Crippen molar-refractivity contribution < 1.29 is 9.59 Å². The van der Waals surface area contributed by atoms with Gasteiger partial charge in [0.1, 0.15) is 0 Å². The van der Waals surface area contributed by atoms with E-state index in [0.717, 1.165) is 5.69 Å². The number of carbonyl (C=O) groups excluding carboxylic acids is 2. The van der Waals surface area contributed by atoms with Gasteiger partial charge in [0.25, 0.3) is 11.8 Å². The molecule has 0 bridgehead atoms. The molecular weight excluding hydrogens is 280 g/mol. The molecule has 2 rings (SSSR count). The monoisotopic (exact) mass is 298 g/mol. The van der Waals surface area contributed by atoms with Crippen LogP contribution in [-0.2, 0) is 5.41 Å². The van der Waals surface area contributed by atoms with Crippen LogP contribution < -0.4 is 10.9 Å². The lowest BCUT2D eigenvalue weighted by atomic mass is 9.91. The highest BCUT2D eigenvalue weighted by atomic mass is 16.2. The predicted molar refractivity (Wildman–Crippen MR) is 82.1 cm³/mol. The maximum Gasteiger partial charge on any atom is 0.271 e. The van der Waals surface area contributed by atoms with Gasteiger partial charge in [-0.2, -0.15) is 0 Å². The summed E-state index contributed by atoms with van der Waals surface area (Å²) in [5.74, 6) is -0.823. The van der Waals surface area contributed by atoms with E-state index in [9.17, 15) is 9.59 Å². The summed E-state index contributed by atoms with van der Waals surface area (Å²) in [6.45, 7) is 6.05. The van der Waals surface area contributed by atoms with Crippen molar-refractivity contribution in [3.05, 3.63) is 59.7 Å². The van der Waals surface area contributed by atoms with E-state index in [1.54, 1.807) is 36.7 Å². The summed E-state index contributed by atoms with van der Waals surface area (Å²) in [5, 5.41) is 0. The van der Waals surface area contributed by atoms with E-state index in [0.29, 0.717) is 11.1 Å². The molecule has 0 fully saturated rings. The van der Waals surface area contributed by atoms with Crippen LogP contribution in [0.15, 0.2) is 42.9 Å². The fraction of sp³-hybridized carbons (Fsp3) is 0.250. The standard InChI is InChI=1S/C16H18N4O2/c1-16(2,3)13-9-11(6-8-18-13)14(21)19-20-15(22)12-5-4-7-17-10-12/h4-10H,1-3H3,(H,19,21)(H,20,22). The summed E-state index contributed by atoms with van der Waals surface area (Å²) >= 11 is 0. The Hall–Kier alpha value is -2.76. The first-order chi connectivity index (χ1) is 10.4. The molecule has 114 valence electrons. The molecule has 0 spiro atoms. The zero-order valence-corrected chi connectivity index (χ0v) is 12.8. The lowest BCUT2D eigenvalue weighted by Gasteiger charge is -2.18. The molecule has 0 aliphatic rings. The minimum absolute atomic E-state index is 0.157. The molecule has 22 heavy (non-hydrogen) atoms. The maximum atomic E-state index is 12.1. The van der Waals surface area contributed by atoms with Crippen LogP contribution in [0.4, 0.5) is 0 Å². The second-order valence-corrected chi connectivity index (χ2v) is 5.83. The van der Waals surface area contributed by atoms with Crippen molar-refractivity contribution in [2.24, 2.45) is 0 Å². The lowest BCUT2D eigenvalue weighted by molar-refractivity contribution is 0.0846. The third kappa shape index (κ3) is 3.88. The molecule has 0 radical (unpaired) electrons. The molecule has 0 unspecified atom stereocenters. The van der Waals surface area contributed by atoms with Gasteiger partial charge in [-0.1, -0.05) is 20.8 Å². The number of nitrogens with zero attached hydrogens (tertiary/aromatic N) is 2. The quantitative estimate of drug-likeness (QED) is 0.829. The van der Waals surface area contributed by atoms with Crippen molar-refractivity contribution in [2.45, 2.75) is 26.2 Å². The number of rotatable bonds is 2. The van der Waals surface area contributed by atoms with Gasteiger partial charge < -0.3 is 0 Å². The average Bonchev–Trinajstić information content (AvgIpc) is 2.52. The summed E-state index contributed by atoms with van der Waals surface area (Å²) in [5.41, 5.74) is 6.19. The molecule has 0 atom stereocenters. The normalized spacial score (nSPS) is 10.9. The van der Waals surface area contributed by atoms with E-state index in [-0.39, 0.29) is 5.41 Å². The highest BCUT2D eigenvalue weighted by molar-refractivity contribution is 5.98. The lowest BCUT2D eigenvalue weighted by Crippen LogP contribution is -2.41. The highest BCUT2D eigenvalue weighted by Gasteiger charge is 2.17. The van der Waals surface area contributed by atoms with Crippen LogP contribution in [0.2, 0.25) is 0 Å². The van der Waals surface area contributed by atoms with Gasteiger partial charge >= 0.3 is 0 Å². The minimum atomic E-state index is -0.424. The Kier molecular flexibility index (Phi) is 4.50. The number of hydrazine groups is 1. The summed E-state index contributed by atoms with van der Waals surface area (Å²) in [6, 6.07) is 6.57. The first-order valence-electron chi connectivity index (χ1n) is 6.85. The molecule has 2 aromatic heterocycles. The molecule has 2 amide bonds. The van der Waals surface area contributed by atoms with Crippen molar-refractivity contribution in [3.8, 4) is 0 Å². The van der Waals surface area contributed by atoms with Crippen LogP contribution in [0.25, 0.3) is 0 Å². The van der Waals surface area contributed by atoms with Crippen molar-refractivity contribution in [1.29, 1.82) is 0 Å². The third-order valence-electron chi connectivity index (χ3n) is 3.00. The number of aromatic nitrogens is 2. The first-order valence-corrected chi connectivity index (χ1v) is 6.85. The summed E-state index contributed by atoms with van der Waals surface area (Å²) in [6.07, 6.45) is 4.57. The van der Waals surface area contributed by atoms with Gasteiger partial charge in [0.2, 0.25) is 0 Å². The van der Waals surface area contributed by atoms with E-state index in [2.05, 4.69) is 20.8 Å². The fourth-order valence-corrected chi connectivity index (χ4v) is 1.74. The first kappa shape index (κ1) is 15.6. The van der Waals surface area contributed by atoms with Gasteiger partial charge in [0.05, 0.1) is 5.56 Å². The summed E-state index contributed by atoms with van der Waals surface area (Å²) in [4.78, 5) is 32.0. The molecule has 2 aromatic rings. The van der Waals surface area contributed by atoms with E-state index in [1.807, 2.05) is 20.8 Å². The predicted octanol–water partition coefficient (Wildman–Crippen LogP) is 1.85. The molecule has 0 saturated carbocycles. The Morgan fingerprint density at radius 2 is 1.68 bits per heavy atom. The molecular formula is C16H18N4O2. The average molecular weight is 298 g/mol. The molecule has 6 nitrogen and oxygen atoms in total. The number of amides is 2. The van der Waals surface area contributed by atoms with Crippen LogP contribution in [0, 0.1) is 0 Å². The smallest absolute Gasteiger partial charge is 0.267 e. The summed E-state index contributed by atoms with van der Waals surface area (Å²) < 4.78 is 0. The molecule has 0 aliphatic carbocycles. The fourth-order valence-electron chi connectivity index (χ4n) is 1.74. The maximum absolute atomic E-state index is 12.1. The molecule has 2 N–H and O–H groups in total. The topological polar surface area (TPSA) is 84.0 Å². The van der Waals surface area contributed by atoms with Crippen LogP contribution >= 0.6 is 0 Å². The van der Waals surface area contributed by atoms with E-state index < -0.39 is 11.8 Å². The Balaban J connectivity index is 2.03. The molecule has 0 aromatic carbocycles. The zero-order valence-electron chi connectivity index (χ0n) is 12.8. The minimum Gasteiger partial charge on any atom is -0.267 e. The van der Waals surface area contributed by atoms with Crippen LogP contribution in [0.1, 0.15) is 47.2 Å². The van der Waals surface area contributed by atoms with E-state index in [4.69, 9.17) is 0 Å². The molecule has 0 aliphatic heterocycles. The molecule has 6 heteroatoms. The van der Waals surface area contributed by atoms with Crippen molar-refractivity contribution in [2.75, 3.05) is 0 Å². The van der Waals surface area contributed by atoms with Crippen LogP contribution in [0.5, 0.6) is 0 Å². The third-order valence-corrected chi connectivity index (χ3v) is 3.00. The van der Waals surface area contributed by atoms with Crippen molar-refractivity contribution in [3.63, 3.8) is 0 Å². The van der Waals surface area contributed by atoms with E-state index in [1.165, 1.54) is 6.20 Å². The van der Waals surface area contributed by atoms with Gasteiger partial charge in [0.15, 0.2) is 0 Å². The molecule has 0 saturated heterocycles. The van der Waals surface area contributed by atoms with Gasteiger partial charge in [-0.3, -0.25) is 30.4 Å². The van der Waals surface area contributed by atoms with Crippen molar-refractivity contribution in [1.82, 2.24) is 20.8 Å². The number of hydrogen-bond donors (Lipinski definition) is 2. The van der Waals surface area contributed by atoms with E-state index >= 15 is 0 Å². The second-order valence-electron chi connectivity index (χ2n) is 5.83. The van der Waals surface area contributed by atoms with Gasteiger partial charge in [0, 0.05) is 35.3 Å². The Labute approximate surface area is 129 Å². The van der Waals surface area contributed by atoms with Crippen LogP contribution in [-0.4, -0.2) is 21.8 Å². The number of pyridine rings is 2. The Morgan fingerprint density at radius 1 is 1.00 bits per heavy atom. The highest BCUT2D eigenvalue weighted by Crippen LogP contribution is 2.20. The van der Waals surface area contributed by atoms with Crippen molar-refractivity contribution >= 4 is 11.8 Å². The Morgan fingerprint density at radius 3 is 2.27 bits per heavy atom. The molecule has 2 heterocycles. The SMILES string of the molecule is CC(C)(C)c1cc(C(=O)NNC(=O)c2cccnc2)ccn1. The Bertz CT molecular complexity index is 678. The number of hydrogen-bond acceptors (Lipinski definition) is 4. The summed E-state index contributed by atoms with van der Waals surface area (Å²) in [7, 11) is 0. The second kappa shape index (κ2) is 6.34. The zero-order chi connectivity index (χ0) is 16.2. The van der Waals surface area contributed by atoms with Crippen LogP contribution in [0.3, 0.4) is 0 Å². The van der Waals surface area contributed by atoms with Gasteiger partial charge in [-0.05, 0) is 24.3 Å². The number of carbonyl (C=O) groups is 2. The number of nitrogens with one attached hydrogen (secondary N) is 2. The van der Waals surface area contributed by atoms with Gasteiger partial charge in [-0.25, -0.2) is 0 Å².